The molecule has 2 heterocycles. The Morgan fingerprint density at radius 2 is 2.14 bits per heavy atom. The highest BCUT2D eigenvalue weighted by molar-refractivity contribution is 6.31. The molecule has 1 N–H and O–H groups in total. The van der Waals surface area contributed by atoms with Crippen molar-refractivity contribution in [3.63, 3.8) is 0 Å². The van der Waals surface area contributed by atoms with E-state index in [2.05, 4.69) is 30.3 Å². The fourth-order valence-corrected chi connectivity index (χ4v) is 3.19. The zero-order valence-electron chi connectivity index (χ0n) is 12.5. The van der Waals surface area contributed by atoms with Crippen molar-refractivity contribution in [2.24, 2.45) is 0 Å². The van der Waals surface area contributed by atoms with Gasteiger partial charge in [-0.05, 0) is 32.5 Å². The molecule has 1 aliphatic rings. The number of fused-ring (bicyclic) bond motifs is 1. The van der Waals surface area contributed by atoms with E-state index in [1.807, 2.05) is 29.9 Å². The monoisotopic (exact) mass is 305 g/mol. The highest BCUT2D eigenvalue weighted by atomic mass is 35.5. The first-order valence-electron chi connectivity index (χ1n) is 7.26. The summed E-state index contributed by atoms with van der Waals surface area (Å²) < 4.78 is 8.08. The maximum atomic E-state index is 6.37. The normalized spacial score (nSPS) is 18.6. The molecule has 2 atom stereocenters. The molecule has 1 aromatic carbocycles. The molecule has 1 aliphatic heterocycles. The fraction of sp³-hybridized carbons (Fsp3) is 0.438. The summed E-state index contributed by atoms with van der Waals surface area (Å²) in [7, 11) is 1.94. The van der Waals surface area contributed by atoms with Crippen molar-refractivity contribution in [2.75, 3.05) is 7.05 Å². The van der Waals surface area contributed by atoms with E-state index in [-0.39, 0.29) is 18.2 Å². The third-order valence-electron chi connectivity index (χ3n) is 3.93. The van der Waals surface area contributed by atoms with Gasteiger partial charge < -0.3 is 10.1 Å². The number of halogens is 1. The van der Waals surface area contributed by atoms with Gasteiger partial charge >= 0.3 is 0 Å². The van der Waals surface area contributed by atoms with Crippen LogP contribution in [0.3, 0.4) is 0 Å². The number of ether oxygens (including phenoxy) is 1. The number of likely N-dealkylation sites (N-methyl/N-ethyl adjacent to an activating group) is 1. The maximum absolute atomic E-state index is 6.37. The first-order valence-corrected chi connectivity index (χ1v) is 7.64. The van der Waals surface area contributed by atoms with Crippen LogP contribution in [-0.2, 0) is 6.42 Å². The molecular formula is C16H20ClN3O. The second-order valence-electron chi connectivity index (χ2n) is 5.65. The van der Waals surface area contributed by atoms with Gasteiger partial charge in [0.15, 0.2) is 0 Å². The summed E-state index contributed by atoms with van der Waals surface area (Å²) in [4.78, 5) is 0. The lowest BCUT2D eigenvalue weighted by Gasteiger charge is -2.25. The Labute approximate surface area is 130 Å². The van der Waals surface area contributed by atoms with Gasteiger partial charge in [0.1, 0.15) is 11.9 Å². The van der Waals surface area contributed by atoms with Gasteiger partial charge in [-0.1, -0.05) is 29.8 Å². The molecule has 3 rings (SSSR count). The van der Waals surface area contributed by atoms with Crippen LogP contribution in [0.15, 0.2) is 30.5 Å². The molecule has 112 valence electrons. The first-order chi connectivity index (χ1) is 10.1. The van der Waals surface area contributed by atoms with Crippen LogP contribution in [0.25, 0.3) is 0 Å². The van der Waals surface area contributed by atoms with E-state index in [4.69, 9.17) is 16.3 Å². The minimum Gasteiger partial charge on any atom is -0.488 e. The van der Waals surface area contributed by atoms with Crippen molar-refractivity contribution in [3.05, 3.63) is 46.7 Å². The van der Waals surface area contributed by atoms with Crippen molar-refractivity contribution in [1.82, 2.24) is 15.1 Å². The van der Waals surface area contributed by atoms with E-state index < -0.39 is 0 Å². The summed E-state index contributed by atoms with van der Waals surface area (Å²) in [6, 6.07) is 8.44. The smallest absolute Gasteiger partial charge is 0.124 e. The highest BCUT2D eigenvalue weighted by Gasteiger charge is 2.34. The largest absolute Gasteiger partial charge is 0.488 e. The van der Waals surface area contributed by atoms with Gasteiger partial charge in [-0.25, -0.2) is 0 Å². The summed E-state index contributed by atoms with van der Waals surface area (Å²) in [6.07, 6.45) is 2.61. The summed E-state index contributed by atoms with van der Waals surface area (Å²) in [5, 5.41) is 8.42. The lowest BCUT2D eigenvalue weighted by Crippen LogP contribution is -2.35. The second kappa shape index (κ2) is 5.70. The number of nitrogens with zero attached hydrogens (tertiary/aromatic N) is 2. The van der Waals surface area contributed by atoms with Crippen LogP contribution in [0.1, 0.15) is 37.2 Å². The van der Waals surface area contributed by atoms with Gasteiger partial charge in [-0.15, -0.1) is 0 Å². The summed E-state index contributed by atoms with van der Waals surface area (Å²) in [5.41, 5.74) is 2.24. The Morgan fingerprint density at radius 3 is 2.81 bits per heavy atom. The molecular weight excluding hydrogens is 286 g/mol. The van der Waals surface area contributed by atoms with Crippen molar-refractivity contribution >= 4 is 11.6 Å². The predicted octanol–water partition coefficient (Wildman–Crippen LogP) is 3.38. The molecule has 0 amide bonds. The molecule has 0 aliphatic carbocycles. The molecule has 0 fully saturated rings. The molecule has 0 bridgehead atoms. The number of hydrogen-bond acceptors (Lipinski definition) is 3. The zero-order valence-corrected chi connectivity index (χ0v) is 13.3. The van der Waals surface area contributed by atoms with Crippen LogP contribution in [0.5, 0.6) is 5.75 Å². The summed E-state index contributed by atoms with van der Waals surface area (Å²) >= 11 is 6.37. The number of hydrogen-bond donors (Lipinski definition) is 1. The quantitative estimate of drug-likeness (QED) is 0.941. The number of para-hydroxylation sites is 1. The Hall–Kier alpha value is -1.52. The molecule has 4 nitrogen and oxygen atoms in total. The molecule has 0 radical (unpaired) electrons. The van der Waals surface area contributed by atoms with Gasteiger partial charge in [0, 0.05) is 12.5 Å². The van der Waals surface area contributed by atoms with Crippen LogP contribution in [0.2, 0.25) is 5.02 Å². The number of nitrogens with one attached hydrogen (secondary N) is 1. The molecule has 21 heavy (non-hydrogen) atoms. The number of benzene rings is 1. The Morgan fingerprint density at radius 1 is 1.38 bits per heavy atom. The molecule has 0 saturated carbocycles. The Balaban J connectivity index is 1.93. The van der Waals surface area contributed by atoms with Gasteiger partial charge in [-0.2, -0.15) is 5.10 Å². The average molecular weight is 306 g/mol. The van der Waals surface area contributed by atoms with Crippen LogP contribution >= 0.6 is 11.6 Å². The van der Waals surface area contributed by atoms with Gasteiger partial charge in [-0.3, -0.25) is 4.68 Å². The first kappa shape index (κ1) is 14.4. The Bertz CT molecular complexity index is 613. The van der Waals surface area contributed by atoms with E-state index >= 15 is 0 Å². The van der Waals surface area contributed by atoms with E-state index in [0.717, 1.165) is 17.9 Å². The van der Waals surface area contributed by atoms with Crippen molar-refractivity contribution in [3.8, 4) is 5.75 Å². The SMILES string of the molecule is CNC(c1c(Cl)cnn1C(C)C)C1Cc2ccccc2O1. The molecule has 0 saturated heterocycles. The van der Waals surface area contributed by atoms with Crippen molar-refractivity contribution in [2.45, 2.75) is 38.5 Å². The third kappa shape index (κ3) is 2.54. The van der Waals surface area contributed by atoms with E-state index in [9.17, 15) is 0 Å². The molecule has 0 spiro atoms. The van der Waals surface area contributed by atoms with Crippen molar-refractivity contribution in [1.29, 1.82) is 0 Å². The number of rotatable bonds is 4. The Kier molecular flexibility index (Phi) is 3.91. The highest BCUT2D eigenvalue weighted by Crippen LogP contribution is 2.36. The van der Waals surface area contributed by atoms with Crippen LogP contribution in [0, 0.1) is 0 Å². The third-order valence-corrected chi connectivity index (χ3v) is 4.22. The van der Waals surface area contributed by atoms with E-state index in [1.54, 1.807) is 6.20 Å². The van der Waals surface area contributed by atoms with Crippen LogP contribution < -0.4 is 10.1 Å². The lowest BCUT2D eigenvalue weighted by atomic mass is 10.0. The average Bonchev–Trinajstić information content (AvgIpc) is 3.04. The second-order valence-corrected chi connectivity index (χ2v) is 6.06. The minimum atomic E-state index is 0.00907. The molecule has 5 heteroatoms. The number of aromatic nitrogens is 2. The maximum Gasteiger partial charge on any atom is 0.124 e. The summed E-state index contributed by atoms with van der Waals surface area (Å²) in [6.45, 7) is 4.20. The lowest BCUT2D eigenvalue weighted by molar-refractivity contribution is 0.177. The predicted molar refractivity (Wildman–Crippen MR) is 84.0 cm³/mol. The molecule has 1 aromatic heterocycles. The minimum absolute atomic E-state index is 0.00907. The van der Waals surface area contributed by atoms with Gasteiger partial charge in [0.2, 0.25) is 0 Å². The van der Waals surface area contributed by atoms with Gasteiger partial charge in [0.25, 0.3) is 0 Å². The fourth-order valence-electron chi connectivity index (χ4n) is 2.95. The molecule has 2 aromatic rings. The standard InChI is InChI=1S/C16H20ClN3O/c1-10(2)20-16(12(17)9-19-20)15(18-3)14-8-11-6-4-5-7-13(11)21-14/h4-7,9-10,14-15,18H,8H2,1-3H3. The van der Waals surface area contributed by atoms with Crippen LogP contribution in [-0.4, -0.2) is 22.9 Å². The van der Waals surface area contributed by atoms with Gasteiger partial charge in [0.05, 0.1) is 23.0 Å². The van der Waals surface area contributed by atoms with Crippen molar-refractivity contribution < 1.29 is 4.74 Å². The summed E-state index contributed by atoms with van der Waals surface area (Å²) in [5.74, 6) is 0.967. The van der Waals surface area contributed by atoms with E-state index in [1.165, 1.54) is 5.56 Å². The van der Waals surface area contributed by atoms with E-state index in [0.29, 0.717) is 5.02 Å². The zero-order chi connectivity index (χ0) is 15.0. The molecule has 2 unspecified atom stereocenters. The topological polar surface area (TPSA) is 39.1 Å². The van der Waals surface area contributed by atoms with Crippen LogP contribution in [0.4, 0.5) is 0 Å².